The first-order valence-corrected chi connectivity index (χ1v) is 12.1. The summed E-state index contributed by atoms with van der Waals surface area (Å²) in [4.78, 5) is 38.5. The van der Waals surface area contributed by atoms with Gasteiger partial charge in [-0.15, -0.1) is 0 Å². The summed E-state index contributed by atoms with van der Waals surface area (Å²) in [5, 5.41) is 30.0. The number of benzene rings is 1. The number of unbranched alkanes of at least 4 members (excludes halogenated alkanes) is 2. The Morgan fingerprint density at radius 2 is 1.97 bits per heavy atom. The molecule has 0 spiro atoms. The standard InChI is InChI=1S/C25H32FNO7/c1-2-6-15-12-16-22(24(32)27(23(16)31)10-5-3-4-7-21(29)30)17-13-20(34-25(15,17)33)14-8-9-19(28)18(26)11-14/h8-9,11,15-17,20,22,28,33H,2-7,10,12-13H2,1H3,(H,29,30)/t15-,16-,17-,20-,22-,25+/m0/s1. The van der Waals surface area contributed by atoms with Crippen molar-refractivity contribution >= 4 is 17.8 Å². The van der Waals surface area contributed by atoms with Crippen LogP contribution in [0.5, 0.6) is 5.75 Å². The number of aromatic hydroxyl groups is 1. The van der Waals surface area contributed by atoms with E-state index in [1.165, 1.54) is 17.0 Å². The molecule has 0 radical (unpaired) electrons. The molecule has 1 aromatic carbocycles. The maximum Gasteiger partial charge on any atom is 0.303 e. The zero-order valence-electron chi connectivity index (χ0n) is 19.3. The summed E-state index contributed by atoms with van der Waals surface area (Å²) < 4.78 is 20.1. The van der Waals surface area contributed by atoms with E-state index in [1.807, 2.05) is 6.92 Å². The molecule has 1 aliphatic carbocycles. The lowest BCUT2D eigenvalue weighted by Crippen LogP contribution is -2.53. The highest BCUT2D eigenvalue weighted by Gasteiger charge is 2.66. The molecule has 6 atom stereocenters. The second kappa shape index (κ2) is 9.62. The highest BCUT2D eigenvalue weighted by atomic mass is 19.1. The minimum atomic E-state index is -1.59. The van der Waals surface area contributed by atoms with Gasteiger partial charge < -0.3 is 20.1 Å². The third-order valence-corrected chi connectivity index (χ3v) is 7.71. The van der Waals surface area contributed by atoms with Gasteiger partial charge in [0.15, 0.2) is 17.4 Å². The molecule has 186 valence electrons. The second-order valence-electron chi connectivity index (χ2n) is 9.80. The van der Waals surface area contributed by atoms with Crippen LogP contribution in [0.2, 0.25) is 0 Å². The van der Waals surface area contributed by atoms with E-state index in [2.05, 4.69) is 0 Å². The van der Waals surface area contributed by atoms with Crippen molar-refractivity contribution in [1.29, 1.82) is 0 Å². The van der Waals surface area contributed by atoms with Gasteiger partial charge in [-0.25, -0.2) is 4.39 Å². The van der Waals surface area contributed by atoms with E-state index in [-0.39, 0.29) is 37.1 Å². The number of halogens is 1. The number of carbonyl (C=O) groups is 3. The van der Waals surface area contributed by atoms with Crippen LogP contribution in [0, 0.1) is 29.5 Å². The maximum absolute atomic E-state index is 14.0. The number of amides is 2. The van der Waals surface area contributed by atoms with Gasteiger partial charge in [0.1, 0.15) is 0 Å². The molecule has 2 amide bonds. The Labute approximate surface area is 197 Å². The first-order chi connectivity index (χ1) is 16.2. The lowest BCUT2D eigenvalue weighted by atomic mass is 9.63. The molecule has 34 heavy (non-hydrogen) atoms. The molecule has 3 N–H and O–H groups in total. The van der Waals surface area contributed by atoms with Gasteiger partial charge in [-0.1, -0.05) is 25.8 Å². The number of nitrogens with zero attached hydrogens (tertiary/aromatic N) is 1. The van der Waals surface area contributed by atoms with E-state index in [0.717, 1.165) is 6.42 Å². The van der Waals surface area contributed by atoms with Crippen molar-refractivity contribution in [2.24, 2.45) is 23.7 Å². The van der Waals surface area contributed by atoms with E-state index < -0.39 is 47.2 Å². The number of aliphatic carboxylic acids is 1. The molecule has 1 saturated carbocycles. The van der Waals surface area contributed by atoms with Crippen LogP contribution in [0.1, 0.15) is 70.0 Å². The molecule has 2 aliphatic heterocycles. The van der Waals surface area contributed by atoms with Crippen LogP contribution in [0.3, 0.4) is 0 Å². The summed E-state index contributed by atoms with van der Waals surface area (Å²) in [5.41, 5.74) is 0.469. The van der Waals surface area contributed by atoms with Crippen molar-refractivity contribution in [2.75, 3.05) is 6.54 Å². The average molecular weight is 478 g/mol. The molecule has 2 saturated heterocycles. The first kappa shape index (κ1) is 24.6. The highest BCUT2D eigenvalue weighted by Crippen LogP contribution is 2.59. The summed E-state index contributed by atoms with van der Waals surface area (Å²) in [5.74, 6) is -6.41. The van der Waals surface area contributed by atoms with Crippen LogP contribution in [-0.2, 0) is 19.1 Å². The van der Waals surface area contributed by atoms with Crippen molar-refractivity contribution in [1.82, 2.24) is 4.90 Å². The van der Waals surface area contributed by atoms with Crippen molar-refractivity contribution in [3.05, 3.63) is 29.6 Å². The van der Waals surface area contributed by atoms with Crippen LogP contribution in [0.25, 0.3) is 0 Å². The number of carbonyl (C=O) groups excluding carboxylic acids is 2. The fourth-order valence-corrected chi connectivity index (χ4v) is 6.10. The first-order valence-electron chi connectivity index (χ1n) is 12.1. The second-order valence-corrected chi connectivity index (χ2v) is 9.80. The van der Waals surface area contributed by atoms with E-state index >= 15 is 0 Å². The maximum atomic E-state index is 14.0. The Morgan fingerprint density at radius 3 is 2.65 bits per heavy atom. The molecule has 4 rings (SSSR count). The van der Waals surface area contributed by atoms with Crippen molar-refractivity contribution < 1.29 is 38.8 Å². The van der Waals surface area contributed by atoms with Crippen LogP contribution in [0.4, 0.5) is 4.39 Å². The third kappa shape index (κ3) is 4.31. The zero-order valence-corrected chi connectivity index (χ0v) is 19.3. The van der Waals surface area contributed by atoms with E-state index in [4.69, 9.17) is 9.84 Å². The molecule has 0 aromatic heterocycles. The molecule has 0 unspecified atom stereocenters. The summed E-state index contributed by atoms with van der Waals surface area (Å²) in [6, 6.07) is 3.96. The SMILES string of the molecule is CCC[C@H]1C[C@@H]2C(=O)N(CCCCCC(=O)O)C(=O)[C@@H]2[C@@H]2C[C@@H](c3ccc(O)c(F)c3)O[C@]12O. The molecule has 1 aromatic rings. The van der Waals surface area contributed by atoms with E-state index in [1.54, 1.807) is 6.07 Å². The minimum Gasteiger partial charge on any atom is -0.505 e. The minimum absolute atomic E-state index is 0.0531. The summed E-state index contributed by atoms with van der Waals surface area (Å²) in [6.45, 7) is 2.22. The lowest BCUT2D eigenvalue weighted by Gasteiger charge is -2.44. The molecule has 3 aliphatic rings. The Bertz CT molecular complexity index is 969. The molecule has 8 nitrogen and oxygen atoms in total. The Hall–Kier alpha value is -2.52. The average Bonchev–Trinajstić information content (AvgIpc) is 3.25. The molecular weight excluding hydrogens is 445 g/mol. The molecular formula is C25H32FNO7. The number of carboxylic acids is 1. The number of hydrogen-bond donors (Lipinski definition) is 3. The number of fused-ring (bicyclic) bond motifs is 3. The van der Waals surface area contributed by atoms with Gasteiger partial charge in [-0.3, -0.25) is 19.3 Å². The zero-order chi connectivity index (χ0) is 24.6. The lowest BCUT2D eigenvalue weighted by molar-refractivity contribution is -0.270. The van der Waals surface area contributed by atoms with Crippen LogP contribution in [-0.4, -0.2) is 50.3 Å². The number of rotatable bonds is 9. The number of ether oxygens (including phenoxy) is 1. The van der Waals surface area contributed by atoms with Crippen LogP contribution < -0.4 is 0 Å². The number of aliphatic hydroxyl groups is 1. The topological polar surface area (TPSA) is 124 Å². The van der Waals surface area contributed by atoms with Crippen molar-refractivity contribution in [2.45, 2.75) is 70.2 Å². The van der Waals surface area contributed by atoms with Crippen LogP contribution >= 0.6 is 0 Å². The quantitative estimate of drug-likeness (QED) is 0.368. The Balaban J connectivity index is 1.55. The predicted molar refractivity (Wildman–Crippen MR) is 118 cm³/mol. The van der Waals surface area contributed by atoms with Gasteiger partial charge in [-0.05, 0) is 49.8 Å². The van der Waals surface area contributed by atoms with Gasteiger partial charge in [0.05, 0.1) is 17.9 Å². The van der Waals surface area contributed by atoms with Gasteiger partial charge >= 0.3 is 5.97 Å². The van der Waals surface area contributed by atoms with E-state index in [0.29, 0.717) is 37.7 Å². The normalized spacial score (nSPS) is 32.7. The van der Waals surface area contributed by atoms with Gasteiger partial charge in [0.25, 0.3) is 0 Å². The number of phenols is 1. The molecule has 3 fully saturated rings. The fraction of sp³-hybridized carbons (Fsp3) is 0.640. The number of likely N-dealkylation sites (tertiary alicyclic amines) is 1. The largest absolute Gasteiger partial charge is 0.505 e. The van der Waals surface area contributed by atoms with Crippen molar-refractivity contribution in [3.8, 4) is 5.75 Å². The smallest absolute Gasteiger partial charge is 0.303 e. The van der Waals surface area contributed by atoms with Crippen molar-refractivity contribution in [3.63, 3.8) is 0 Å². The monoisotopic (exact) mass is 477 g/mol. The summed E-state index contributed by atoms with van der Waals surface area (Å²) in [6.07, 6.45) is 3.03. The molecule has 0 bridgehead atoms. The molecule has 9 heteroatoms. The Morgan fingerprint density at radius 1 is 1.21 bits per heavy atom. The van der Waals surface area contributed by atoms with E-state index in [9.17, 15) is 29.0 Å². The predicted octanol–water partition coefficient (Wildman–Crippen LogP) is 3.36. The highest BCUT2D eigenvalue weighted by molar-refractivity contribution is 6.05. The number of phenolic OH excluding ortho intramolecular Hbond substituents is 1. The van der Waals surface area contributed by atoms with Gasteiger partial charge in [0, 0.05) is 24.8 Å². The summed E-state index contributed by atoms with van der Waals surface area (Å²) >= 11 is 0. The number of carboxylic acid groups (broad SMARTS) is 1. The Kier molecular flexibility index (Phi) is 6.96. The van der Waals surface area contributed by atoms with Gasteiger partial charge in [-0.2, -0.15) is 0 Å². The van der Waals surface area contributed by atoms with Gasteiger partial charge in [0.2, 0.25) is 11.8 Å². The number of hydrogen-bond acceptors (Lipinski definition) is 6. The van der Waals surface area contributed by atoms with Crippen LogP contribution in [0.15, 0.2) is 18.2 Å². The molecule has 2 heterocycles. The summed E-state index contributed by atoms with van der Waals surface area (Å²) in [7, 11) is 0. The fourth-order valence-electron chi connectivity index (χ4n) is 6.10. The number of imide groups is 1. The third-order valence-electron chi connectivity index (χ3n) is 7.71.